The van der Waals surface area contributed by atoms with Gasteiger partial charge in [0.25, 0.3) is 0 Å². The second-order valence-electron chi connectivity index (χ2n) is 9.70. The molecular weight excluding hydrogens is 528 g/mol. The molecule has 2 aromatic heterocycles. The molecule has 9 nitrogen and oxygen atoms in total. The van der Waals surface area contributed by atoms with E-state index < -0.39 is 5.97 Å². The first-order chi connectivity index (χ1) is 18.8. The minimum atomic E-state index is -0.958. The number of esters is 1. The predicted octanol–water partition coefficient (Wildman–Crippen LogP) is 5.98. The Labute approximate surface area is 238 Å². The number of carbonyl (C=O) groups is 2. The molecule has 2 aromatic carbocycles. The number of hydrogen-bond acceptors (Lipinski definition) is 8. The second-order valence-corrected chi connectivity index (χ2v) is 9.70. The lowest BCUT2D eigenvalue weighted by Crippen LogP contribution is -2.14. The quantitative estimate of drug-likeness (QED) is 0.258. The maximum Gasteiger partial charge on any atom is 0.306 e. The molecule has 220 valence electrons. The number of benzene rings is 2. The Kier molecular flexibility index (Phi) is 11.0. The number of aliphatic carboxylic acids is 1. The van der Waals surface area contributed by atoms with Crippen LogP contribution in [0.25, 0.3) is 21.9 Å². The average molecular weight is 567 g/mol. The van der Waals surface area contributed by atoms with Gasteiger partial charge < -0.3 is 23.8 Å². The van der Waals surface area contributed by atoms with Crippen LogP contribution in [-0.2, 0) is 27.2 Å². The van der Waals surface area contributed by atoms with Crippen LogP contribution in [0.3, 0.4) is 0 Å². The van der Waals surface area contributed by atoms with E-state index in [1.807, 2.05) is 26.0 Å². The summed E-state index contributed by atoms with van der Waals surface area (Å²) in [5.74, 6) is -0.229. The van der Waals surface area contributed by atoms with Gasteiger partial charge >= 0.3 is 11.9 Å². The predicted molar refractivity (Wildman–Crippen MR) is 158 cm³/mol. The van der Waals surface area contributed by atoms with Crippen LogP contribution in [0.5, 0.6) is 5.75 Å². The number of ether oxygens (including phenoxy) is 1. The molecule has 0 aliphatic rings. The van der Waals surface area contributed by atoms with Crippen LogP contribution in [0.1, 0.15) is 66.5 Å². The van der Waals surface area contributed by atoms with Crippen molar-refractivity contribution in [1.82, 2.24) is 0 Å². The minimum absolute atomic E-state index is 0. The van der Waals surface area contributed by atoms with Gasteiger partial charge in [0, 0.05) is 30.0 Å². The summed E-state index contributed by atoms with van der Waals surface area (Å²) in [4.78, 5) is 46.9. The van der Waals surface area contributed by atoms with Gasteiger partial charge in [0.15, 0.2) is 10.9 Å². The molecule has 4 aromatic rings. The van der Waals surface area contributed by atoms with Crippen LogP contribution in [-0.4, -0.2) is 28.8 Å². The van der Waals surface area contributed by atoms with Crippen LogP contribution in [0.4, 0.5) is 0 Å². The summed E-state index contributed by atoms with van der Waals surface area (Å²) < 4.78 is 16.1. The molecule has 0 aliphatic carbocycles. The zero-order chi connectivity index (χ0) is 29.7. The molecule has 0 fully saturated rings. The molecule has 0 amide bonds. The zero-order valence-corrected chi connectivity index (χ0v) is 23.6. The van der Waals surface area contributed by atoms with Crippen molar-refractivity contribution >= 4 is 33.9 Å². The van der Waals surface area contributed by atoms with Gasteiger partial charge in [-0.05, 0) is 89.3 Å². The highest BCUT2D eigenvalue weighted by atomic mass is 16.5. The van der Waals surface area contributed by atoms with Gasteiger partial charge in [0.05, 0.1) is 17.4 Å². The highest BCUT2D eigenvalue weighted by molar-refractivity contribution is 5.81. The third-order valence-electron chi connectivity index (χ3n) is 6.78. The first kappa shape index (κ1) is 32.8. The lowest BCUT2D eigenvalue weighted by atomic mass is 10.0. The summed E-state index contributed by atoms with van der Waals surface area (Å²) in [6.07, 6.45) is 0.555. The molecule has 2 N–H and O–H groups in total. The summed E-state index contributed by atoms with van der Waals surface area (Å²) in [6, 6.07) is 6.69. The summed E-state index contributed by atoms with van der Waals surface area (Å²) in [6.45, 7) is 11.1. The summed E-state index contributed by atoms with van der Waals surface area (Å²) >= 11 is 0. The third-order valence-corrected chi connectivity index (χ3v) is 6.78. The van der Waals surface area contributed by atoms with Crippen molar-refractivity contribution in [3.8, 4) is 5.75 Å². The van der Waals surface area contributed by atoms with Crippen molar-refractivity contribution in [2.45, 2.75) is 74.7 Å². The lowest BCUT2D eigenvalue weighted by Gasteiger charge is -2.08. The standard InChI is InChI=1S/C17H20O4.C14H14O5.CH4/c1-5-20-16(18)7-6-13-12(4)21-15-9-11(3)10(2)8-14(15)17(13)19;1-7-5-10-12(6-11(7)15)19-8(2)9(14(10)18)3-4-13(16)17;/h8-9H,5-7H2,1-4H3;5-6,15H,3-4H2,1-2H3,(H,16,17);1H4. The van der Waals surface area contributed by atoms with Gasteiger partial charge in [-0.3, -0.25) is 19.2 Å². The number of hydrogen-bond donors (Lipinski definition) is 2. The van der Waals surface area contributed by atoms with E-state index in [1.165, 1.54) is 6.07 Å². The number of rotatable bonds is 7. The van der Waals surface area contributed by atoms with Gasteiger partial charge in [0.2, 0.25) is 0 Å². The fourth-order valence-corrected chi connectivity index (χ4v) is 4.36. The van der Waals surface area contributed by atoms with Crippen LogP contribution in [0.15, 0.2) is 42.7 Å². The molecule has 9 heteroatoms. The zero-order valence-electron chi connectivity index (χ0n) is 23.6. The van der Waals surface area contributed by atoms with E-state index in [9.17, 15) is 24.3 Å². The molecule has 2 heterocycles. The van der Waals surface area contributed by atoms with Gasteiger partial charge in [-0.1, -0.05) is 7.43 Å². The Bertz CT molecular complexity index is 1710. The molecule has 0 atom stereocenters. The van der Waals surface area contributed by atoms with Gasteiger partial charge in [0.1, 0.15) is 28.4 Å². The van der Waals surface area contributed by atoms with E-state index in [4.69, 9.17) is 18.7 Å². The first-order valence-electron chi connectivity index (χ1n) is 13.0. The SMILES string of the molecule is C.CCOC(=O)CCc1c(C)oc2cc(C)c(C)cc2c1=O.Cc1cc2c(=O)c(CCC(=O)O)c(C)oc2cc1O. The van der Waals surface area contributed by atoms with Gasteiger partial charge in [-0.2, -0.15) is 0 Å². The first-order valence-corrected chi connectivity index (χ1v) is 13.0. The number of phenols is 1. The Balaban J connectivity index is 0.000000281. The van der Waals surface area contributed by atoms with E-state index >= 15 is 0 Å². The Morgan fingerprint density at radius 2 is 1.22 bits per heavy atom. The number of carboxylic acid groups (broad SMARTS) is 1. The summed E-state index contributed by atoms with van der Waals surface area (Å²) in [7, 11) is 0. The van der Waals surface area contributed by atoms with Crippen molar-refractivity contribution in [2.24, 2.45) is 0 Å². The highest BCUT2D eigenvalue weighted by Gasteiger charge is 2.15. The maximum absolute atomic E-state index is 12.6. The molecule has 0 radical (unpaired) electrons. The molecule has 0 unspecified atom stereocenters. The lowest BCUT2D eigenvalue weighted by molar-refractivity contribution is -0.143. The van der Waals surface area contributed by atoms with Crippen LogP contribution >= 0.6 is 0 Å². The topological polar surface area (TPSA) is 144 Å². The van der Waals surface area contributed by atoms with Crippen LogP contribution in [0, 0.1) is 34.6 Å². The number of fused-ring (bicyclic) bond motifs is 2. The number of aryl methyl sites for hydroxylation is 5. The molecule has 0 saturated carbocycles. The molecule has 0 saturated heterocycles. The van der Waals surface area contributed by atoms with Crippen LogP contribution in [0.2, 0.25) is 0 Å². The number of carbonyl (C=O) groups excluding carboxylic acids is 1. The van der Waals surface area contributed by atoms with E-state index in [0.717, 1.165) is 11.1 Å². The Morgan fingerprint density at radius 1 is 0.756 bits per heavy atom. The number of aromatic hydroxyl groups is 1. The smallest absolute Gasteiger partial charge is 0.306 e. The molecular formula is C32H38O9. The van der Waals surface area contributed by atoms with Crippen molar-refractivity contribution < 1.29 is 33.4 Å². The maximum atomic E-state index is 12.6. The average Bonchev–Trinajstić information content (AvgIpc) is 2.87. The third kappa shape index (κ3) is 7.63. The summed E-state index contributed by atoms with van der Waals surface area (Å²) in [5.41, 5.74) is 4.26. The van der Waals surface area contributed by atoms with Crippen LogP contribution < -0.4 is 10.9 Å². The minimum Gasteiger partial charge on any atom is -0.508 e. The normalized spacial score (nSPS) is 10.6. The number of phenolic OH excluding ortho intramolecular Hbond substituents is 1. The van der Waals surface area contributed by atoms with Gasteiger partial charge in [-0.25, -0.2) is 0 Å². The van der Waals surface area contributed by atoms with Crippen molar-refractivity contribution in [1.29, 1.82) is 0 Å². The van der Waals surface area contributed by atoms with E-state index in [0.29, 0.717) is 63.2 Å². The molecule has 41 heavy (non-hydrogen) atoms. The number of carboxylic acids is 1. The Hall–Kier alpha value is -4.40. The molecule has 0 aliphatic heterocycles. The van der Waals surface area contributed by atoms with Crippen molar-refractivity contribution in [3.63, 3.8) is 0 Å². The molecule has 0 spiro atoms. The highest BCUT2D eigenvalue weighted by Crippen LogP contribution is 2.24. The van der Waals surface area contributed by atoms with E-state index in [-0.39, 0.29) is 49.3 Å². The molecule has 0 bridgehead atoms. The molecule has 4 rings (SSSR count). The Morgan fingerprint density at radius 3 is 1.73 bits per heavy atom. The van der Waals surface area contributed by atoms with Gasteiger partial charge in [-0.15, -0.1) is 0 Å². The second kappa shape index (κ2) is 13.8. The van der Waals surface area contributed by atoms with E-state index in [2.05, 4.69) is 0 Å². The monoisotopic (exact) mass is 566 g/mol. The fraction of sp³-hybridized carbons (Fsp3) is 0.375. The fourth-order valence-electron chi connectivity index (χ4n) is 4.36. The van der Waals surface area contributed by atoms with Crippen molar-refractivity contribution in [2.75, 3.05) is 6.61 Å². The van der Waals surface area contributed by atoms with Crippen molar-refractivity contribution in [3.05, 3.63) is 84.0 Å². The largest absolute Gasteiger partial charge is 0.508 e. The van der Waals surface area contributed by atoms with E-state index in [1.54, 1.807) is 33.8 Å². The summed E-state index contributed by atoms with van der Waals surface area (Å²) in [5, 5.41) is 19.2.